The number of nitrogens with zero attached hydrogens (tertiary/aromatic N) is 2. The van der Waals surface area contributed by atoms with E-state index in [2.05, 4.69) is 37.8 Å². The molecule has 21 heavy (non-hydrogen) atoms. The summed E-state index contributed by atoms with van der Waals surface area (Å²) in [5, 5.41) is 0. The molecule has 0 N–H and O–H groups in total. The van der Waals surface area contributed by atoms with Crippen LogP contribution in [0.1, 0.15) is 29.2 Å². The Labute approximate surface area is 128 Å². The molecule has 0 radical (unpaired) electrons. The summed E-state index contributed by atoms with van der Waals surface area (Å²) < 4.78 is 25.4. The van der Waals surface area contributed by atoms with Crippen LogP contribution in [0.3, 0.4) is 0 Å². The van der Waals surface area contributed by atoms with E-state index in [9.17, 15) is 8.42 Å². The lowest BCUT2D eigenvalue weighted by atomic mass is 9.99. The van der Waals surface area contributed by atoms with Gasteiger partial charge in [-0.2, -0.15) is 4.31 Å². The standard InChI is InChI=1S/C16H26N2O2S/c1-5-21(19,20)18-8-6-17(7-9-18)12-16-14(3)10-13(2)11-15(16)4/h10-11H,5-9,12H2,1-4H3. The van der Waals surface area contributed by atoms with Crippen molar-refractivity contribution in [1.29, 1.82) is 0 Å². The van der Waals surface area contributed by atoms with Crippen LogP contribution in [-0.2, 0) is 16.6 Å². The number of hydrogen-bond donors (Lipinski definition) is 0. The normalized spacial score (nSPS) is 18.1. The molecule has 0 unspecified atom stereocenters. The maximum atomic E-state index is 11.9. The Morgan fingerprint density at radius 3 is 2.00 bits per heavy atom. The van der Waals surface area contributed by atoms with Crippen molar-refractivity contribution < 1.29 is 8.42 Å². The lowest BCUT2D eigenvalue weighted by molar-refractivity contribution is 0.181. The monoisotopic (exact) mass is 310 g/mol. The summed E-state index contributed by atoms with van der Waals surface area (Å²) in [4.78, 5) is 2.35. The first-order valence-corrected chi connectivity index (χ1v) is 9.21. The first-order valence-electron chi connectivity index (χ1n) is 7.60. The van der Waals surface area contributed by atoms with Crippen LogP contribution in [-0.4, -0.2) is 49.6 Å². The van der Waals surface area contributed by atoms with E-state index in [-0.39, 0.29) is 5.75 Å². The fourth-order valence-electron chi connectivity index (χ4n) is 3.03. The molecule has 4 nitrogen and oxygen atoms in total. The maximum Gasteiger partial charge on any atom is 0.213 e. The molecule has 2 rings (SSSR count). The van der Waals surface area contributed by atoms with Crippen LogP contribution in [0.15, 0.2) is 12.1 Å². The first-order chi connectivity index (χ1) is 9.83. The largest absolute Gasteiger partial charge is 0.296 e. The minimum absolute atomic E-state index is 0.198. The first kappa shape index (κ1) is 16.5. The summed E-state index contributed by atoms with van der Waals surface area (Å²) in [5.41, 5.74) is 5.34. The molecule has 0 spiro atoms. The van der Waals surface area contributed by atoms with Crippen molar-refractivity contribution in [3.05, 3.63) is 34.4 Å². The van der Waals surface area contributed by atoms with Crippen LogP contribution < -0.4 is 0 Å². The van der Waals surface area contributed by atoms with E-state index >= 15 is 0 Å². The fraction of sp³-hybridized carbons (Fsp3) is 0.625. The van der Waals surface area contributed by atoms with Gasteiger partial charge in [0.1, 0.15) is 0 Å². The number of sulfonamides is 1. The van der Waals surface area contributed by atoms with Gasteiger partial charge in [0.05, 0.1) is 5.75 Å². The molecule has 1 aliphatic rings. The van der Waals surface area contributed by atoms with E-state index < -0.39 is 10.0 Å². The van der Waals surface area contributed by atoms with Crippen LogP contribution in [0.5, 0.6) is 0 Å². The van der Waals surface area contributed by atoms with Gasteiger partial charge in [-0.3, -0.25) is 4.90 Å². The molecule has 0 amide bonds. The zero-order valence-electron chi connectivity index (χ0n) is 13.5. The second-order valence-corrected chi connectivity index (χ2v) is 8.21. The van der Waals surface area contributed by atoms with Gasteiger partial charge in [0.2, 0.25) is 10.0 Å². The Hall–Kier alpha value is -0.910. The molecule has 1 aliphatic heterocycles. The molecule has 118 valence electrons. The number of benzene rings is 1. The quantitative estimate of drug-likeness (QED) is 0.855. The molecule has 1 fully saturated rings. The van der Waals surface area contributed by atoms with Crippen LogP contribution in [0.2, 0.25) is 0 Å². The summed E-state index contributed by atoms with van der Waals surface area (Å²) in [6.07, 6.45) is 0. The van der Waals surface area contributed by atoms with Gasteiger partial charge >= 0.3 is 0 Å². The Morgan fingerprint density at radius 2 is 1.52 bits per heavy atom. The van der Waals surface area contributed by atoms with E-state index in [0.717, 1.165) is 19.6 Å². The van der Waals surface area contributed by atoms with Crippen molar-refractivity contribution in [2.75, 3.05) is 31.9 Å². The highest BCUT2D eigenvalue weighted by Crippen LogP contribution is 2.19. The topological polar surface area (TPSA) is 40.6 Å². The average Bonchev–Trinajstić information content (AvgIpc) is 2.43. The number of aryl methyl sites for hydroxylation is 3. The summed E-state index contributed by atoms with van der Waals surface area (Å²) in [6.45, 7) is 11.9. The highest BCUT2D eigenvalue weighted by Gasteiger charge is 2.25. The van der Waals surface area contributed by atoms with Crippen LogP contribution in [0.4, 0.5) is 0 Å². The number of piperazine rings is 1. The zero-order valence-corrected chi connectivity index (χ0v) is 14.3. The second-order valence-electron chi connectivity index (χ2n) is 5.95. The molecule has 0 atom stereocenters. The molecule has 0 saturated carbocycles. The predicted molar refractivity (Wildman–Crippen MR) is 87.0 cm³/mol. The lowest BCUT2D eigenvalue weighted by Gasteiger charge is -2.34. The van der Waals surface area contributed by atoms with E-state index in [0.29, 0.717) is 13.1 Å². The zero-order chi connectivity index (χ0) is 15.6. The Bertz CT molecular complexity index is 580. The van der Waals surface area contributed by atoms with Crippen molar-refractivity contribution in [2.45, 2.75) is 34.2 Å². The van der Waals surface area contributed by atoms with Crippen LogP contribution in [0.25, 0.3) is 0 Å². The molecule has 5 heteroatoms. The third-order valence-electron chi connectivity index (χ3n) is 4.31. The highest BCUT2D eigenvalue weighted by atomic mass is 32.2. The van der Waals surface area contributed by atoms with Gasteiger partial charge in [-0.15, -0.1) is 0 Å². The van der Waals surface area contributed by atoms with Gasteiger partial charge in [-0.05, 0) is 44.4 Å². The van der Waals surface area contributed by atoms with Crippen molar-refractivity contribution >= 4 is 10.0 Å². The summed E-state index contributed by atoms with van der Waals surface area (Å²) in [6, 6.07) is 4.44. The minimum Gasteiger partial charge on any atom is -0.296 e. The van der Waals surface area contributed by atoms with Gasteiger partial charge in [-0.1, -0.05) is 17.7 Å². The smallest absolute Gasteiger partial charge is 0.213 e. The van der Waals surface area contributed by atoms with Crippen molar-refractivity contribution in [3.63, 3.8) is 0 Å². The van der Waals surface area contributed by atoms with E-state index in [1.54, 1.807) is 11.2 Å². The van der Waals surface area contributed by atoms with Crippen molar-refractivity contribution in [1.82, 2.24) is 9.21 Å². The molecule has 1 aromatic carbocycles. The maximum absolute atomic E-state index is 11.9. The molecule has 1 heterocycles. The minimum atomic E-state index is -3.03. The molecule has 0 bridgehead atoms. The third kappa shape index (κ3) is 3.84. The van der Waals surface area contributed by atoms with Crippen molar-refractivity contribution in [2.24, 2.45) is 0 Å². The molecular formula is C16H26N2O2S. The van der Waals surface area contributed by atoms with E-state index in [1.165, 1.54) is 22.3 Å². The Kier molecular flexibility index (Phi) is 5.07. The van der Waals surface area contributed by atoms with Gasteiger partial charge in [0.25, 0.3) is 0 Å². The van der Waals surface area contributed by atoms with Gasteiger partial charge < -0.3 is 0 Å². The van der Waals surface area contributed by atoms with Crippen LogP contribution >= 0.6 is 0 Å². The second kappa shape index (κ2) is 6.46. The molecule has 1 saturated heterocycles. The van der Waals surface area contributed by atoms with Gasteiger partial charge in [0, 0.05) is 32.7 Å². The van der Waals surface area contributed by atoms with E-state index in [1.807, 2.05) is 0 Å². The lowest BCUT2D eigenvalue weighted by Crippen LogP contribution is -2.48. The summed E-state index contributed by atoms with van der Waals surface area (Å²) in [5.74, 6) is 0.198. The molecule has 1 aromatic rings. The predicted octanol–water partition coefficient (Wildman–Crippen LogP) is 2.08. The third-order valence-corrected chi connectivity index (χ3v) is 6.19. The van der Waals surface area contributed by atoms with Gasteiger partial charge in [-0.25, -0.2) is 8.42 Å². The molecule has 0 aliphatic carbocycles. The number of rotatable bonds is 4. The number of hydrogen-bond acceptors (Lipinski definition) is 3. The van der Waals surface area contributed by atoms with Crippen molar-refractivity contribution in [3.8, 4) is 0 Å². The van der Waals surface area contributed by atoms with Crippen LogP contribution in [0, 0.1) is 20.8 Å². The summed E-state index contributed by atoms with van der Waals surface area (Å²) in [7, 11) is -3.03. The average molecular weight is 310 g/mol. The van der Waals surface area contributed by atoms with E-state index in [4.69, 9.17) is 0 Å². The summed E-state index contributed by atoms with van der Waals surface area (Å²) >= 11 is 0. The highest BCUT2D eigenvalue weighted by molar-refractivity contribution is 7.89. The Morgan fingerprint density at radius 1 is 1.00 bits per heavy atom. The fourth-order valence-corrected chi connectivity index (χ4v) is 4.12. The molecule has 0 aromatic heterocycles. The Balaban J connectivity index is 2.02. The molecular weight excluding hydrogens is 284 g/mol. The SMILES string of the molecule is CCS(=O)(=O)N1CCN(Cc2c(C)cc(C)cc2C)CC1. The van der Waals surface area contributed by atoms with Gasteiger partial charge in [0.15, 0.2) is 0 Å².